The van der Waals surface area contributed by atoms with E-state index in [0.717, 1.165) is 22.2 Å². The molecule has 0 spiro atoms. The average molecular weight is 283 g/mol. The van der Waals surface area contributed by atoms with Crippen LogP contribution in [0.4, 0.5) is 0 Å². The van der Waals surface area contributed by atoms with E-state index in [1.807, 2.05) is 27.0 Å². The van der Waals surface area contributed by atoms with Crippen LogP contribution in [0.15, 0.2) is 30.6 Å². The number of aryl methyl sites for hydroxylation is 1. The molecule has 0 bridgehead atoms. The highest BCUT2D eigenvalue weighted by Gasteiger charge is 2.16. The highest BCUT2D eigenvalue weighted by molar-refractivity contribution is 5.97. The van der Waals surface area contributed by atoms with Crippen LogP contribution in [0, 0.1) is 6.92 Å². The Balaban J connectivity index is 1.80. The molecule has 2 heterocycles. The lowest BCUT2D eigenvalue weighted by Crippen LogP contribution is -2.26. The summed E-state index contributed by atoms with van der Waals surface area (Å²) in [6, 6.07) is 5.40. The van der Waals surface area contributed by atoms with Gasteiger partial charge in [0.1, 0.15) is 0 Å². The minimum absolute atomic E-state index is 0.0938. The van der Waals surface area contributed by atoms with Crippen molar-refractivity contribution < 1.29 is 4.79 Å². The SMILES string of the molecule is Cc1c(C(C)NC(=O)c2ccc3cn[nH]c3c2)cnn1C. The lowest BCUT2D eigenvalue weighted by Gasteiger charge is -2.13. The predicted molar refractivity (Wildman–Crippen MR) is 79.9 cm³/mol. The highest BCUT2D eigenvalue weighted by Crippen LogP contribution is 2.18. The van der Waals surface area contributed by atoms with Crippen LogP contribution < -0.4 is 5.32 Å². The van der Waals surface area contributed by atoms with Crippen molar-refractivity contribution in [1.29, 1.82) is 0 Å². The number of carbonyl (C=O) groups excluding carboxylic acids is 1. The molecule has 3 rings (SSSR count). The summed E-state index contributed by atoms with van der Waals surface area (Å²) in [6.07, 6.45) is 3.52. The van der Waals surface area contributed by atoms with E-state index in [4.69, 9.17) is 0 Å². The number of benzene rings is 1. The monoisotopic (exact) mass is 283 g/mol. The topological polar surface area (TPSA) is 75.6 Å². The quantitative estimate of drug-likeness (QED) is 0.773. The molecule has 0 aliphatic rings. The second-order valence-corrected chi connectivity index (χ2v) is 5.18. The molecule has 1 amide bonds. The minimum atomic E-state index is -0.109. The number of fused-ring (bicyclic) bond motifs is 1. The minimum Gasteiger partial charge on any atom is -0.345 e. The molecule has 6 heteroatoms. The number of carbonyl (C=O) groups is 1. The molecule has 1 aromatic carbocycles. The number of amides is 1. The Morgan fingerprint density at radius 3 is 2.90 bits per heavy atom. The van der Waals surface area contributed by atoms with Crippen LogP contribution in [0.3, 0.4) is 0 Å². The second kappa shape index (κ2) is 5.05. The van der Waals surface area contributed by atoms with E-state index >= 15 is 0 Å². The third kappa shape index (κ3) is 2.40. The Kier molecular flexibility index (Phi) is 3.21. The van der Waals surface area contributed by atoms with Gasteiger partial charge in [0.15, 0.2) is 0 Å². The fourth-order valence-electron chi connectivity index (χ4n) is 2.38. The van der Waals surface area contributed by atoms with Gasteiger partial charge in [0, 0.05) is 29.3 Å². The van der Waals surface area contributed by atoms with E-state index in [2.05, 4.69) is 20.6 Å². The zero-order valence-electron chi connectivity index (χ0n) is 12.2. The Hall–Kier alpha value is -2.63. The number of H-pyrrole nitrogens is 1. The van der Waals surface area contributed by atoms with Crippen molar-refractivity contribution in [3.63, 3.8) is 0 Å². The first-order chi connectivity index (χ1) is 10.1. The van der Waals surface area contributed by atoms with Crippen molar-refractivity contribution in [3.05, 3.63) is 47.4 Å². The molecule has 108 valence electrons. The van der Waals surface area contributed by atoms with Crippen LogP contribution in [0.5, 0.6) is 0 Å². The van der Waals surface area contributed by atoms with Gasteiger partial charge in [-0.15, -0.1) is 0 Å². The predicted octanol–water partition coefficient (Wildman–Crippen LogP) is 2.10. The van der Waals surface area contributed by atoms with Gasteiger partial charge in [-0.3, -0.25) is 14.6 Å². The molecule has 0 radical (unpaired) electrons. The van der Waals surface area contributed by atoms with Gasteiger partial charge >= 0.3 is 0 Å². The van der Waals surface area contributed by atoms with Crippen LogP contribution >= 0.6 is 0 Å². The first-order valence-electron chi connectivity index (χ1n) is 6.79. The van der Waals surface area contributed by atoms with Crippen molar-refractivity contribution in [2.45, 2.75) is 19.9 Å². The summed E-state index contributed by atoms with van der Waals surface area (Å²) in [5, 5.41) is 15.0. The normalized spacial score (nSPS) is 12.5. The number of aromatic nitrogens is 4. The molecular weight excluding hydrogens is 266 g/mol. The summed E-state index contributed by atoms with van der Waals surface area (Å²) in [5.74, 6) is -0.109. The van der Waals surface area contributed by atoms with Gasteiger partial charge in [-0.25, -0.2) is 0 Å². The van der Waals surface area contributed by atoms with Crippen LogP contribution in [0.2, 0.25) is 0 Å². The van der Waals surface area contributed by atoms with Crippen LogP contribution in [0.25, 0.3) is 10.9 Å². The average Bonchev–Trinajstić information content (AvgIpc) is 3.05. The maximum Gasteiger partial charge on any atom is 0.251 e. The van der Waals surface area contributed by atoms with E-state index in [9.17, 15) is 4.79 Å². The lowest BCUT2D eigenvalue weighted by atomic mass is 10.1. The first-order valence-corrected chi connectivity index (χ1v) is 6.79. The number of hydrogen-bond donors (Lipinski definition) is 2. The summed E-state index contributed by atoms with van der Waals surface area (Å²) in [4.78, 5) is 12.3. The van der Waals surface area contributed by atoms with Gasteiger partial charge in [-0.05, 0) is 26.0 Å². The number of hydrogen-bond acceptors (Lipinski definition) is 3. The molecule has 2 N–H and O–H groups in total. The molecule has 0 fully saturated rings. The lowest BCUT2D eigenvalue weighted by molar-refractivity contribution is 0.0940. The number of aromatic amines is 1. The molecule has 3 aromatic rings. The molecule has 6 nitrogen and oxygen atoms in total. The zero-order chi connectivity index (χ0) is 15.0. The van der Waals surface area contributed by atoms with Gasteiger partial charge in [0.25, 0.3) is 5.91 Å². The molecule has 0 saturated carbocycles. The smallest absolute Gasteiger partial charge is 0.251 e. The zero-order valence-corrected chi connectivity index (χ0v) is 12.2. The molecular formula is C15H17N5O. The van der Waals surface area contributed by atoms with Crippen molar-refractivity contribution in [2.24, 2.45) is 7.05 Å². The molecule has 0 aliphatic carbocycles. The van der Waals surface area contributed by atoms with E-state index in [0.29, 0.717) is 5.56 Å². The van der Waals surface area contributed by atoms with E-state index in [-0.39, 0.29) is 11.9 Å². The summed E-state index contributed by atoms with van der Waals surface area (Å²) in [7, 11) is 1.89. The molecule has 2 aromatic heterocycles. The number of rotatable bonds is 3. The summed E-state index contributed by atoms with van der Waals surface area (Å²) >= 11 is 0. The second-order valence-electron chi connectivity index (χ2n) is 5.18. The third-order valence-corrected chi connectivity index (χ3v) is 3.79. The first kappa shape index (κ1) is 13.4. The molecule has 0 aliphatic heterocycles. The van der Waals surface area contributed by atoms with E-state index < -0.39 is 0 Å². The summed E-state index contributed by atoms with van der Waals surface area (Å²) in [6.45, 7) is 3.94. The summed E-state index contributed by atoms with van der Waals surface area (Å²) in [5.41, 5.74) is 3.54. The summed E-state index contributed by atoms with van der Waals surface area (Å²) < 4.78 is 1.80. The van der Waals surface area contributed by atoms with E-state index in [1.165, 1.54) is 0 Å². The van der Waals surface area contributed by atoms with Gasteiger partial charge in [0.05, 0.1) is 24.0 Å². The largest absolute Gasteiger partial charge is 0.345 e. The number of nitrogens with one attached hydrogen (secondary N) is 2. The Morgan fingerprint density at radius 2 is 2.19 bits per heavy atom. The third-order valence-electron chi connectivity index (χ3n) is 3.79. The van der Waals surface area contributed by atoms with Gasteiger partial charge in [-0.1, -0.05) is 6.07 Å². The van der Waals surface area contributed by atoms with Crippen molar-refractivity contribution >= 4 is 16.8 Å². The number of nitrogens with zero attached hydrogens (tertiary/aromatic N) is 3. The standard InChI is InChI=1S/C15H17N5O/c1-9(13-8-17-20(3)10(13)2)18-15(21)11-4-5-12-7-16-19-14(12)6-11/h4-9H,1-3H3,(H,16,19)(H,18,21). The molecule has 1 atom stereocenters. The van der Waals surface area contributed by atoms with Gasteiger partial charge in [-0.2, -0.15) is 10.2 Å². The van der Waals surface area contributed by atoms with Crippen molar-refractivity contribution in [1.82, 2.24) is 25.3 Å². The molecule has 1 unspecified atom stereocenters. The highest BCUT2D eigenvalue weighted by atomic mass is 16.1. The van der Waals surface area contributed by atoms with E-state index in [1.54, 1.807) is 29.2 Å². The van der Waals surface area contributed by atoms with Gasteiger partial charge in [0.2, 0.25) is 0 Å². The molecule has 0 saturated heterocycles. The van der Waals surface area contributed by atoms with Gasteiger partial charge < -0.3 is 5.32 Å². The Morgan fingerprint density at radius 1 is 1.38 bits per heavy atom. The van der Waals surface area contributed by atoms with Crippen molar-refractivity contribution in [3.8, 4) is 0 Å². The fourth-order valence-corrected chi connectivity index (χ4v) is 2.38. The Labute approximate surface area is 122 Å². The fraction of sp³-hybridized carbons (Fsp3) is 0.267. The van der Waals surface area contributed by atoms with Crippen LogP contribution in [-0.2, 0) is 7.05 Å². The maximum absolute atomic E-state index is 12.3. The van der Waals surface area contributed by atoms with Crippen molar-refractivity contribution in [2.75, 3.05) is 0 Å². The van der Waals surface area contributed by atoms with Crippen LogP contribution in [-0.4, -0.2) is 25.9 Å². The molecule has 21 heavy (non-hydrogen) atoms. The Bertz CT molecular complexity index is 801. The van der Waals surface area contributed by atoms with Crippen LogP contribution in [0.1, 0.15) is 34.6 Å². The maximum atomic E-state index is 12.3.